The second kappa shape index (κ2) is 12.2. The van der Waals surface area contributed by atoms with Crippen molar-refractivity contribution in [2.75, 3.05) is 49.9 Å². The average molecular weight is 591 g/mol. The fraction of sp³-hybridized carbons (Fsp3) is 0.393. The number of nitrogens with zero attached hydrogens (tertiary/aromatic N) is 4. The first-order valence-electron chi connectivity index (χ1n) is 13.3. The van der Waals surface area contributed by atoms with Crippen molar-refractivity contribution in [3.05, 3.63) is 70.0 Å². The van der Waals surface area contributed by atoms with E-state index >= 15 is 0 Å². The summed E-state index contributed by atoms with van der Waals surface area (Å²) in [5, 5.41) is 16.2. The maximum absolute atomic E-state index is 14.0. The molecule has 1 atom stereocenters. The van der Waals surface area contributed by atoms with Crippen LogP contribution in [0.5, 0.6) is 11.6 Å². The molecule has 5 rings (SSSR count). The molecule has 0 saturated carbocycles. The zero-order valence-corrected chi connectivity index (χ0v) is 23.1. The molecule has 0 radical (unpaired) electrons. The van der Waals surface area contributed by atoms with Gasteiger partial charge in [-0.3, -0.25) is 9.69 Å². The van der Waals surface area contributed by atoms with E-state index in [-0.39, 0.29) is 40.0 Å². The summed E-state index contributed by atoms with van der Waals surface area (Å²) in [6, 6.07) is 8.09. The molecule has 1 unspecified atom stereocenters. The standard InChI is InChI=1S/C28H30ClF3N6O3/c1-2-37-9-11-38(12-10-37)15-18-3-5-19(14-20(18)28(30,31)32)36-26(40)17-4-6-21(29)23(13-17)41-27-24-22(39)7-8-33-25(24)34-16-35-27/h3-6,13-14,16,22,39H,2,7-12,15H2,1H3,(H,36,40)(H,33,34,35). The summed E-state index contributed by atoms with van der Waals surface area (Å²) < 4.78 is 47.9. The Hall–Kier alpha value is -3.45. The smallest absolute Gasteiger partial charge is 0.416 e. The van der Waals surface area contributed by atoms with Gasteiger partial charge in [0.2, 0.25) is 5.88 Å². The minimum Gasteiger partial charge on any atom is -0.437 e. The van der Waals surface area contributed by atoms with Gasteiger partial charge in [-0.25, -0.2) is 9.97 Å². The number of alkyl halides is 3. The van der Waals surface area contributed by atoms with Crippen molar-refractivity contribution < 1.29 is 27.8 Å². The van der Waals surface area contributed by atoms with Crippen LogP contribution in [0.1, 0.15) is 46.5 Å². The van der Waals surface area contributed by atoms with Gasteiger partial charge in [0.15, 0.2) is 0 Å². The van der Waals surface area contributed by atoms with Gasteiger partial charge in [0, 0.05) is 50.5 Å². The number of halogens is 4. The minimum absolute atomic E-state index is 0.0124. The van der Waals surface area contributed by atoms with Crippen molar-refractivity contribution in [3.8, 4) is 11.6 Å². The van der Waals surface area contributed by atoms with Crippen molar-refractivity contribution in [1.29, 1.82) is 0 Å². The Bertz CT molecular complexity index is 1420. The Labute approximate surface area is 240 Å². The van der Waals surface area contributed by atoms with Crippen LogP contribution >= 0.6 is 11.6 Å². The average Bonchev–Trinajstić information content (AvgIpc) is 2.95. The number of aliphatic hydroxyl groups excluding tert-OH is 1. The number of ether oxygens (including phenoxy) is 1. The van der Waals surface area contributed by atoms with E-state index in [2.05, 4.69) is 32.4 Å². The predicted octanol–water partition coefficient (Wildman–Crippen LogP) is 5.18. The highest BCUT2D eigenvalue weighted by molar-refractivity contribution is 6.32. The summed E-state index contributed by atoms with van der Waals surface area (Å²) in [4.78, 5) is 25.5. The Kier molecular flexibility index (Phi) is 8.64. The number of fused-ring (bicyclic) bond motifs is 1. The third-order valence-electron chi connectivity index (χ3n) is 7.27. The van der Waals surface area contributed by atoms with Gasteiger partial charge in [-0.1, -0.05) is 24.6 Å². The van der Waals surface area contributed by atoms with Gasteiger partial charge in [0.1, 0.15) is 17.9 Å². The first kappa shape index (κ1) is 29.1. The normalized spacial score (nSPS) is 18.0. The molecule has 13 heteroatoms. The molecule has 9 nitrogen and oxygen atoms in total. The number of carbonyl (C=O) groups is 1. The molecule has 0 bridgehead atoms. The number of hydrogen-bond donors (Lipinski definition) is 3. The molecule has 2 aromatic carbocycles. The van der Waals surface area contributed by atoms with E-state index in [1.807, 2.05) is 4.90 Å². The number of aromatic nitrogens is 2. The van der Waals surface area contributed by atoms with Crippen LogP contribution in [-0.4, -0.2) is 70.1 Å². The Balaban J connectivity index is 1.33. The van der Waals surface area contributed by atoms with Crippen LogP contribution in [0.3, 0.4) is 0 Å². The molecule has 1 fully saturated rings. The Morgan fingerprint density at radius 1 is 1.15 bits per heavy atom. The topological polar surface area (TPSA) is 103 Å². The summed E-state index contributed by atoms with van der Waals surface area (Å²) >= 11 is 6.31. The number of carbonyl (C=O) groups excluding carboxylic acids is 1. The lowest BCUT2D eigenvalue weighted by Crippen LogP contribution is -2.45. The third-order valence-corrected chi connectivity index (χ3v) is 7.58. The second-order valence-corrected chi connectivity index (χ2v) is 10.4. The molecule has 0 spiro atoms. The molecule has 1 aromatic heterocycles. The maximum Gasteiger partial charge on any atom is 0.416 e. The van der Waals surface area contributed by atoms with Gasteiger partial charge in [-0.05, 0) is 48.9 Å². The van der Waals surface area contributed by atoms with Crippen LogP contribution in [0.4, 0.5) is 24.7 Å². The molecular formula is C28H30ClF3N6O3. The van der Waals surface area contributed by atoms with Gasteiger partial charge in [0.25, 0.3) is 5.91 Å². The zero-order chi connectivity index (χ0) is 29.1. The first-order chi connectivity index (χ1) is 19.6. The number of aliphatic hydroxyl groups is 1. The van der Waals surface area contributed by atoms with Gasteiger partial charge < -0.3 is 25.4 Å². The summed E-state index contributed by atoms with van der Waals surface area (Å²) in [5.74, 6) is -0.0384. The molecule has 3 aromatic rings. The van der Waals surface area contributed by atoms with Crippen LogP contribution in [0.2, 0.25) is 5.02 Å². The zero-order valence-electron chi connectivity index (χ0n) is 22.3. The van der Waals surface area contributed by atoms with E-state index in [1.165, 1.54) is 36.7 Å². The highest BCUT2D eigenvalue weighted by Crippen LogP contribution is 2.39. The fourth-order valence-corrected chi connectivity index (χ4v) is 5.12. The van der Waals surface area contributed by atoms with E-state index in [1.54, 1.807) is 0 Å². The lowest BCUT2D eigenvalue weighted by molar-refractivity contribution is -0.138. The highest BCUT2D eigenvalue weighted by atomic mass is 35.5. The number of likely N-dealkylation sites (N-methyl/N-ethyl adjacent to an activating group) is 1. The van der Waals surface area contributed by atoms with E-state index in [0.717, 1.165) is 25.7 Å². The van der Waals surface area contributed by atoms with Crippen LogP contribution in [0.25, 0.3) is 0 Å². The molecule has 3 N–H and O–H groups in total. The van der Waals surface area contributed by atoms with Crippen LogP contribution in [-0.2, 0) is 12.7 Å². The van der Waals surface area contributed by atoms with Gasteiger partial charge >= 0.3 is 6.18 Å². The second-order valence-electron chi connectivity index (χ2n) is 9.95. The maximum atomic E-state index is 14.0. The number of hydrogen-bond acceptors (Lipinski definition) is 8. The van der Waals surface area contributed by atoms with Crippen LogP contribution in [0, 0.1) is 0 Å². The van der Waals surface area contributed by atoms with E-state index in [9.17, 15) is 23.1 Å². The van der Waals surface area contributed by atoms with Crippen molar-refractivity contribution in [2.24, 2.45) is 0 Å². The molecule has 218 valence electrons. The first-order valence-corrected chi connectivity index (χ1v) is 13.7. The molecule has 1 amide bonds. The monoisotopic (exact) mass is 590 g/mol. The van der Waals surface area contributed by atoms with E-state index in [0.29, 0.717) is 37.4 Å². The number of benzene rings is 2. The van der Waals surface area contributed by atoms with Crippen LogP contribution < -0.4 is 15.4 Å². The lowest BCUT2D eigenvalue weighted by atomic mass is 10.0. The number of nitrogens with one attached hydrogen (secondary N) is 2. The highest BCUT2D eigenvalue weighted by Gasteiger charge is 2.34. The SMILES string of the molecule is CCN1CCN(Cc2ccc(NC(=O)c3ccc(Cl)c(Oc4ncnc5c4C(O)CCN5)c3)cc2C(F)(F)F)CC1. The lowest BCUT2D eigenvalue weighted by Gasteiger charge is -2.34. The number of amides is 1. The Morgan fingerprint density at radius 2 is 1.90 bits per heavy atom. The van der Waals surface area contributed by atoms with Gasteiger partial charge in [-0.15, -0.1) is 0 Å². The number of piperazine rings is 1. The summed E-state index contributed by atoms with van der Waals surface area (Å²) in [6.45, 7) is 6.71. The quantitative estimate of drug-likeness (QED) is 0.346. The van der Waals surface area contributed by atoms with E-state index < -0.39 is 23.8 Å². The largest absolute Gasteiger partial charge is 0.437 e. The molecular weight excluding hydrogens is 561 g/mol. The van der Waals surface area contributed by atoms with Crippen molar-refractivity contribution >= 4 is 29.0 Å². The van der Waals surface area contributed by atoms with Gasteiger partial charge in [-0.2, -0.15) is 13.2 Å². The van der Waals surface area contributed by atoms with Crippen molar-refractivity contribution in [3.63, 3.8) is 0 Å². The van der Waals surface area contributed by atoms with Crippen LogP contribution in [0.15, 0.2) is 42.7 Å². The number of anilines is 2. The molecule has 3 heterocycles. The molecule has 1 saturated heterocycles. The minimum atomic E-state index is -4.58. The molecule has 41 heavy (non-hydrogen) atoms. The molecule has 2 aliphatic heterocycles. The Morgan fingerprint density at radius 3 is 2.63 bits per heavy atom. The van der Waals surface area contributed by atoms with Crippen molar-refractivity contribution in [2.45, 2.75) is 32.2 Å². The van der Waals surface area contributed by atoms with E-state index in [4.69, 9.17) is 16.3 Å². The molecule has 2 aliphatic rings. The fourth-order valence-electron chi connectivity index (χ4n) is 4.96. The third kappa shape index (κ3) is 6.72. The summed E-state index contributed by atoms with van der Waals surface area (Å²) in [7, 11) is 0. The molecule has 0 aliphatic carbocycles. The summed E-state index contributed by atoms with van der Waals surface area (Å²) in [5.41, 5.74) is -0.131. The number of rotatable bonds is 7. The van der Waals surface area contributed by atoms with Gasteiger partial charge in [0.05, 0.1) is 22.3 Å². The summed E-state index contributed by atoms with van der Waals surface area (Å²) in [6.07, 6.45) is -3.73. The van der Waals surface area contributed by atoms with Crippen molar-refractivity contribution in [1.82, 2.24) is 19.8 Å². The predicted molar refractivity (Wildman–Crippen MR) is 148 cm³/mol.